The summed E-state index contributed by atoms with van der Waals surface area (Å²) in [6.45, 7) is 0. The van der Waals surface area contributed by atoms with Gasteiger partial charge in [-0.15, -0.1) is 0 Å². The molecule has 0 radical (unpaired) electrons. The molecule has 4 rings (SSSR count). The van der Waals surface area contributed by atoms with Crippen molar-refractivity contribution in [2.75, 3.05) is 0 Å². The van der Waals surface area contributed by atoms with Crippen molar-refractivity contribution in [3.8, 4) is 11.1 Å². The molecule has 1 saturated heterocycles. The van der Waals surface area contributed by atoms with Crippen LogP contribution in [0.3, 0.4) is 0 Å². The van der Waals surface area contributed by atoms with Gasteiger partial charge in [-0.05, 0) is 53.6 Å². The first-order valence-electron chi connectivity index (χ1n) is 8.14. The summed E-state index contributed by atoms with van der Waals surface area (Å²) in [5.74, 6) is 0.176. The van der Waals surface area contributed by atoms with Crippen LogP contribution in [0.5, 0.6) is 0 Å². The van der Waals surface area contributed by atoms with Crippen LogP contribution in [0, 0.1) is 11.3 Å². The van der Waals surface area contributed by atoms with Crippen LogP contribution in [0.25, 0.3) is 11.1 Å². The van der Waals surface area contributed by atoms with E-state index in [-0.39, 0.29) is 17.8 Å². The fourth-order valence-electron chi connectivity index (χ4n) is 3.68. The molecule has 1 unspecified atom stereocenters. The number of hydrogen-bond acceptors (Lipinski definition) is 2. The molecule has 1 saturated carbocycles. The minimum Gasteiger partial charge on any atom is -0.338 e. The highest BCUT2D eigenvalue weighted by Crippen LogP contribution is 2.44. The Morgan fingerprint density at radius 3 is 2.38 bits per heavy atom. The van der Waals surface area contributed by atoms with E-state index in [1.165, 1.54) is 0 Å². The van der Waals surface area contributed by atoms with E-state index in [2.05, 4.69) is 10.6 Å². The number of nitrogens with one attached hydrogen (secondary N) is 3. The summed E-state index contributed by atoms with van der Waals surface area (Å²) in [5.41, 5.74) is 2.11. The molecule has 122 valence electrons. The number of halogens is 1. The molecule has 0 bridgehead atoms. The van der Waals surface area contributed by atoms with Crippen LogP contribution in [-0.4, -0.2) is 11.9 Å². The number of amides is 1. The van der Waals surface area contributed by atoms with E-state index in [1.807, 2.05) is 48.5 Å². The molecule has 2 fully saturated rings. The lowest BCUT2D eigenvalue weighted by atomic mass is 9.67. The van der Waals surface area contributed by atoms with Gasteiger partial charge in [-0.2, -0.15) is 0 Å². The first kappa shape index (κ1) is 15.2. The average Bonchev–Trinajstić information content (AvgIpc) is 2.81. The van der Waals surface area contributed by atoms with Gasteiger partial charge in [0.25, 0.3) is 5.91 Å². The van der Waals surface area contributed by atoms with Crippen LogP contribution in [0.4, 0.5) is 0 Å². The Hall–Kier alpha value is -2.33. The highest BCUT2D eigenvalue weighted by Gasteiger charge is 2.53. The van der Waals surface area contributed by atoms with Crippen LogP contribution < -0.4 is 10.6 Å². The van der Waals surface area contributed by atoms with Gasteiger partial charge in [-0.1, -0.05) is 48.4 Å². The lowest BCUT2D eigenvalue weighted by Crippen LogP contribution is -2.52. The van der Waals surface area contributed by atoms with E-state index in [1.54, 1.807) is 0 Å². The predicted molar refractivity (Wildman–Crippen MR) is 94.9 cm³/mol. The highest BCUT2D eigenvalue weighted by atomic mass is 35.5. The third-order valence-electron chi connectivity index (χ3n) is 5.11. The summed E-state index contributed by atoms with van der Waals surface area (Å²) in [6, 6.07) is 15.7. The van der Waals surface area contributed by atoms with Gasteiger partial charge in [-0.25, -0.2) is 0 Å². The van der Waals surface area contributed by atoms with Crippen molar-refractivity contribution in [3.05, 3.63) is 59.1 Å². The SMILES string of the molecule is N=C1NC(=O)C(c2cccc(-c3cccc(Cl)c3)c2)(C2CCC2)N1. The summed E-state index contributed by atoms with van der Waals surface area (Å²) in [5, 5.41) is 14.3. The minimum absolute atomic E-state index is 0.0834. The smallest absolute Gasteiger partial charge is 0.257 e. The van der Waals surface area contributed by atoms with Crippen molar-refractivity contribution < 1.29 is 4.79 Å². The second-order valence-corrected chi connectivity index (χ2v) is 6.92. The number of rotatable bonds is 3. The Morgan fingerprint density at radius 1 is 1.08 bits per heavy atom. The lowest BCUT2D eigenvalue weighted by Gasteiger charge is -2.41. The van der Waals surface area contributed by atoms with E-state index < -0.39 is 5.54 Å². The second-order valence-electron chi connectivity index (χ2n) is 6.48. The maximum absolute atomic E-state index is 12.7. The number of carbonyl (C=O) groups excluding carboxylic acids is 1. The summed E-state index contributed by atoms with van der Waals surface area (Å²) in [6.07, 6.45) is 3.12. The summed E-state index contributed by atoms with van der Waals surface area (Å²) < 4.78 is 0. The van der Waals surface area contributed by atoms with Gasteiger partial charge in [0.1, 0.15) is 5.54 Å². The van der Waals surface area contributed by atoms with Gasteiger partial charge < -0.3 is 5.32 Å². The molecule has 4 nitrogen and oxygen atoms in total. The van der Waals surface area contributed by atoms with E-state index in [0.29, 0.717) is 5.02 Å². The van der Waals surface area contributed by atoms with Crippen LogP contribution in [-0.2, 0) is 10.3 Å². The second kappa shape index (κ2) is 5.64. The number of hydrogen-bond donors (Lipinski definition) is 3. The largest absolute Gasteiger partial charge is 0.338 e. The van der Waals surface area contributed by atoms with Crippen LogP contribution in [0.2, 0.25) is 5.02 Å². The van der Waals surface area contributed by atoms with Crippen LogP contribution in [0.1, 0.15) is 24.8 Å². The van der Waals surface area contributed by atoms with Crippen molar-refractivity contribution in [1.82, 2.24) is 10.6 Å². The molecular weight excluding hydrogens is 322 g/mol. The molecule has 0 spiro atoms. The molecule has 1 heterocycles. The van der Waals surface area contributed by atoms with Crippen molar-refractivity contribution in [2.24, 2.45) is 5.92 Å². The van der Waals surface area contributed by atoms with Crippen LogP contribution in [0.15, 0.2) is 48.5 Å². The van der Waals surface area contributed by atoms with Crippen molar-refractivity contribution >= 4 is 23.5 Å². The molecule has 0 aromatic heterocycles. The van der Waals surface area contributed by atoms with E-state index in [0.717, 1.165) is 36.0 Å². The topological polar surface area (TPSA) is 65.0 Å². The zero-order valence-electron chi connectivity index (χ0n) is 13.1. The summed E-state index contributed by atoms with van der Waals surface area (Å²) in [4.78, 5) is 12.7. The maximum atomic E-state index is 12.7. The Labute approximate surface area is 145 Å². The van der Waals surface area contributed by atoms with Crippen molar-refractivity contribution in [3.63, 3.8) is 0 Å². The molecular formula is C19H18ClN3O. The third kappa shape index (κ3) is 2.29. The van der Waals surface area contributed by atoms with Crippen LogP contribution >= 0.6 is 11.6 Å². The normalized spacial score (nSPS) is 23.5. The highest BCUT2D eigenvalue weighted by molar-refractivity contribution is 6.30. The first-order valence-corrected chi connectivity index (χ1v) is 8.52. The molecule has 2 aromatic carbocycles. The monoisotopic (exact) mass is 339 g/mol. The van der Waals surface area contributed by atoms with Gasteiger partial charge in [-0.3, -0.25) is 15.5 Å². The quantitative estimate of drug-likeness (QED) is 0.799. The fourth-order valence-corrected chi connectivity index (χ4v) is 3.87. The van der Waals surface area contributed by atoms with E-state index in [4.69, 9.17) is 17.0 Å². The van der Waals surface area contributed by atoms with Crippen molar-refractivity contribution in [2.45, 2.75) is 24.8 Å². The van der Waals surface area contributed by atoms with Gasteiger partial charge in [0.2, 0.25) is 0 Å². The number of benzene rings is 2. The minimum atomic E-state index is -0.829. The molecule has 5 heteroatoms. The predicted octanol–water partition coefficient (Wildman–Crippen LogP) is 3.66. The Balaban J connectivity index is 1.81. The maximum Gasteiger partial charge on any atom is 0.257 e. The summed E-state index contributed by atoms with van der Waals surface area (Å²) >= 11 is 6.11. The molecule has 1 aliphatic carbocycles. The third-order valence-corrected chi connectivity index (χ3v) is 5.35. The Morgan fingerprint density at radius 2 is 1.79 bits per heavy atom. The van der Waals surface area contributed by atoms with E-state index >= 15 is 0 Å². The van der Waals surface area contributed by atoms with Gasteiger partial charge in [0, 0.05) is 5.02 Å². The Kier molecular flexibility index (Phi) is 3.57. The lowest BCUT2D eigenvalue weighted by molar-refractivity contribution is -0.127. The summed E-state index contributed by atoms with van der Waals surface area (Å²) in [7, 11) is 0. The molecule has 1 atom stereocenters. The zero-order chi connectivity index (χ0) is 16.7. The van der Waals surface area contributed by atoms with E-state index in [9.17, 15) is 4.79 Å². The standard InChI is InChI=1S/C19H18ClN3O/c20-16-9-2-5-13(11-16)12-4-1-8-15(10-12)19(14-6-3-7-14)17(24)22-18(21)23-19/h1-2,4-5,8-11,14H,3,6-7H2,(H3,21,22,23,24). The molecule has 2 aliphatic rings. The zero-order valence-corrected chi connectivity index (χ0v) is 13.9. The van der Waals surface area contributed by atoms with Gasteiger partial charge in [0.15, 0.2) is 5.96 Å². The molecule has 1 aliphatic heterocycles. The first-order chi connectivity index (χ1) is 11.6. The van der Waals surface area contributed by atoms with Gasteiger partial charge in [0.05, 0.1) is 0 Å². The fraction of sp³-hybridized carbons (Fsp3) is 0.263. The number of carbonyl (C=O) groups is 1. The number of guanidine groups is 1. The molecule has 3 N–H and O–H groups in total. The van der Waals surface area contributed by atoms with Crippen molar-refractivity contribution in [1.29, 1.82) is 5.41 Å². The Bertz CT molecular complexity index is 831. The molecule has 1 amide bonds. The molecule has 24 heavy (non-hydrogen) atoms. The van der Waals surface area contributed by atoms with Gasteiger partial charge >= 0.3 is 0 Å². The average molecular weight is 340 g/mol. The molecule has 2 aromatic rings.